The molecule has 0 radical (unpaired) electrons. The number of hydrogen-bond acceptors (Lipinski definition) is 6. The highest BCUT2D eigenvalue weighted by atomic mass is 16.5. The summed E-state index contributed by atoms with van der Waals surface area (Å²) in [6.07, 6.45) is 6.13. The second-order valence-electron chi connectivity index (χ2n) is 9.08. The lowest BCUT2D eigenvalue weighted by Crippen LogP contribution is -2.50. The van der Waals surface area contributed by atoms with Gasteiger partial charge in [0.25, 0.3) is 0 Å². The molecular formula is C22H32N4O5. The average molecular weight is 433 g/mol. The average Bonchev–Trinajstić information content (AvgIpc) is 3.08. The summed E-state index contributed by atoms with van der Waals surface area (Å²) in [4.78, 5) is 34.6. The van der Waals surface area contributed by atoms with Crippen molar-refractivity contribution in [1.29, 1.82) is 0 Å². The van der Waals surface area contributed by atoms with E-state index in [-0.39, 0.29) is 18.1 Å². The Morgan fingerprint density at radius 1 is 1.26 bits per heavy atom. The van der Waals surface area contributed by atoms with E-state index in [4.69, 9.17) is 4.74 Å². The first kappa shape index (κ1) is 21.7. The number of amides is 2. The first-order valence-electron chi connectivity index (χ1n) is 11.1. The molecule has 4 rings (SSSR count). The van der Waals surface area contributed by atoms with Gasteiger partial charge in [-0.25, -0.2) is 9.78 Å². The lowest BCUT2D eigenvalue weighted by molar-refractivity contribution is -0.139. The van der Waals surface area contributed by atoms with Crippen molar-refractivity contribution >= 4 is 23.5 Å². The van der Waals surface area contributed by atoms with E-state index in [1.165, 1.54) is 13.2 Å². The SMILES string of the molecule is COc1cc(N(C)C(=O)O)cnc1N1CCCC2(CCN([C@H]3CC[C@H](O)CC3)C2=O)C1. The molecule has 3 heterocycles. The predicted octanol–water partition coefficient (Wildman–Crippen LogP) is 2.33. The molecule has 1 aromatic heterocycles. The van der Waals surface area contributed by atoms with E-state index in [1.807, 2.05) is 0 Å². The molecule has 2 aliphatic heterocycles. The lowest BCUT2D eigenvalue weighted by atomic mass is 9.78. The molecule has 1 unspecified atom stereocenters. The summed E-state index contributed by atoms with van der Waals surface area (Å²) < 4.78 is 5.53. The summed E-state index contributed by atoms with van der Waals surface area (Å²) in [5.41, 5.74) is 0.0276. The number of methoxy groups -OCH3 is 1. The molecule has 9 heteroatoms. The van der Waals surface area contributed by atoms with Crippen LogP contribution in [0.3, 0.4) is 0 Å². The Balaban J connectivity index is 1.52. The molecular weight excluding hydrogens is 400 g/mol. The second kappa shape index (κ2) is 8.53. The van der Waals surface area contributed by atoms with Crippen molar-refractivity contribution < 1.29 is 24.5 Å². The number of aliphatic hydroxyl groups is 1. The maximum absolute atomic E-state index is 13.5. The number of aliphatic hydroxyl groups excluding tert-OH is 1. The Morgan fingerprint density at radius 3 is 2.68 bits per heavy atom. The Hall–Kier alpha value is -2.55. The van der Waals surface area contributed by atoms with Gasteiger partial charge in [-0.1, -0.05) is 0 Å². The van der Waals surface area contributed by atoms with E-state index in [0.717, 1.165) is 62.9 Å². The van der Waals surface area contributed by atoms with Crippen LogP contribution in [-0.2, 0) is 4.79 Å². The molecule has 0 aromatic carbocycles. The molecule has 9 nitrogen and oxygen atoms in total. The molecule has 1 spiro atoms. The van der Waals surface area contributed by atoms with Gasteiger partial charge in [0.1, 0.15) is 0 Å². The molecule has 0 bridgehead atoms. The third-order valence-electron chi connectivity index (χ3n) is 7.24. The fourth-order valence-electron chi connectivity index (χ4n) is 5.37. The summed E-state index contributed by atoms with van der Waals surface area (Å²) in [6.45, 7) is 2.15. The molecule has 1 aromatic rings. The smallest absolute Gasteiger partial charge is 0.411 e. The molecule has 2 saturated heterocycles. The zero-order chi connectivity index (χ0) is 22.2. The summed E-state index contributed by atoms with van der Waals surface area (Å²) in [5, 5.41) is 19.0. The minimum atomic E-state index is -1.07. The van der Waals surface area contributed by atoms with E-state index in [9.17, 15) is 19.8 Å². The normalized spacial score (nSPS) is 28.8. The number of rotatable bonds is 4. The monoisotopic (exact) mass is 432 g/mol. The predicted molar refractivity (Wildman–Crippen MR) is 116 cm³/mol. The number of likely N-dealkylation sites (tertiary alicyclic amines) is 1. The zero-order valence-corrected chi connectivity index (χ0v) is 18.3. The number of nitrogens with zero attached hydrogens (tertiary/aromatic N) is 4. The molecule has 31 heavy (non-hydrogen) atoms. The standard InChI is InChI=1S/C22H32N4O5/c1-24(21(29)30)16-12-18(31-2)19(23-13-16)25-10-3-8-22(14-25)9-11-26(20(22)28)15-4-6-17(27)7-5-15/h12-13,15,17,27H,3-11,14H2,1-2H3,(H,29,30)/t15-,17-,22?. The molecule has 2 amide bonds. The number of hydrogen-bond donors (Lipinski definition) is 2. The number of aromatic nitrogens is 1. The van der Waals surface area contributed by atoms with Gasteiger partial charge in [0, 0.05) is 38.8 Å². The lowest BCUT2D eigenvalue weighted by Gasteiger charge is -2.41. The third-order valence-corrected chi connectivity index (χ3v) is 7.24. The van der Waals surface area contributed by atoms with Crippen molar-refractivity contribution in [2.45, 2.75) is 57.1 Å². The number of anilines is 2. The van der Waals surface area contributed by atoms with Crippen molar-refractivity contribution in [3.05, 3.63) is 12.3 Å². The molecule has 170 valence electrons. The minimum Gasteiger partial charge on any atom is -0.493 e. The fourth-order valence-corrected chi connectivity index (χ4v) is 5.37. The summed E-state index contributed by atoms with van der Waals surface area (Å²) in [5.74, 6) is 1.39. The summed E-state index contributed by atoms with van der Waals surface area (Å²) in [6, 6.07) is 1.91. The van der Waals surface area contributed by atoms with Gasteiger partial charge in [-0.05, 0) is 44.9 Å². The first-order valence-corrected chi connectivity index (χ1v) is 11.1. The molecule has 3 fully saturated rings. The van der Waals surface area contributed by atoms with Crippen LogP contribution in [0.15, 0.2) is 12.3 Å². The van der Waals surface area contributed by atoms with Crippen molar-refractivity contribution in [1.82, 2.24) is 9.88 Å². The third kappa shape index (κ3) is 4.03. The van der Waals surface area contributed by atoms with Crippen molar-refractivity contribution in [2.24, 2.45) is 5.41 Å². The van der Waals surface area contributed by atoms with Crippen molar-refractivity contribution in [3.8, 4) is 5.75 Å². The van der Waals surface area contributed by atoms with Crippen LogP contribution in [0.1, 0.15) is 44.9 Å². The zero-order valence-electron chi connectivity index (χ0n) is 18.3. The summed E-state index contributed by atoms with van der Waals surface area (Å²) in [7, 11) is 3.01. The number of piperidine rings is 1. The Kier molecular flexibility index (Phi) is 5.96. The van der Waals surface area contributed by atoms with E-state index >= 15 is 0 Å². The van der Waals surface area contributed by atoms with Gasteiger partial charge in [0.15, 0.2) is 11.6 Å². The topological polar surface area (TPSA) is 106 Å². The second-order valence-corrected chi connectivity index (χ2v) is 9.08. The van der Waals surface area contributed by atoms with Crippen LogP contribution >= 0.6 is 0 Å². The van der Waals surface area contributed by atoms with Crippen LogP contribution in [-0.4, -0.2) is 78.0 Å². The highest BCUT2D eigenvalue weighted by Crippen LogP contribution is 2.44. The van der Waals surface area contributed by atoms with Crippen LogP contribution in [0.5, 0.6) is 5.75 Å². The van der Waals surface area contributed by atoms with Crippen LogP contribution in [0.4, 0.5) is 16.3 Å². The number of carboxylic acid groups (broad SMARTS) is 1. The van der Waals surface area contributed by atoms with Gasteiger partial charge in [-0.3, -0.25) is 9.69 Å². The molecule has 1 saturated carbocycles. The molecule has 3 aliphatic rings. The first-order chi connectivity index (χ1) is 14.8. The largest absolute Gasteiger partial charge is 0.493 e. The molecule has 2 N–H and O–H groups in total. The van der Waals surface area contributed by atoms with E-state index in [0.29, 0.717) is 23.8 Å². The Bertz CT molecular complexity index is 841. The van der Waals surface area contributed by atoms with E-state index < -0.39 is 11.5 Å². The Labute approximate surface area is 182 Å². The van der Waals surface area contributed by atoms with Gasteiger partial charge in [0.2, 0.25) is 5.91 Å². The van der Waals surface area contributed by atoms with Gasteiger partial charge in [0.05, 0.1) is 30.5 Å². The van der Waals surface area contributed by atoms with Crippen molar-refractivity contribution in [2.75, 3.05) is 43.6 Å². The quantitative estimate of drug-likeness (QED) is 0.752. The van der Waals surface area contributed by atoms with Gasteiger partial charge in [-0.15, -0.1) is 0 Å². The number of carbonyl (C=O) groups excluding carboxylic acids is 1. The van der Waals surface area contributed by atoms with Gasteiger partial charge in [-0.2, -0.15) is 0 Å². The maximum Gasteiger partial charge on any atom is 0.411 e. The van der Waals surface area contributed by atoms with Crippen LogP contribution in [0.25, 0.3) is 0 Å². The molecule has 1 atom stereocenters. The number of pyridine rings is 1. The maximum atomic E-state index is 13.5. The Morgan fingerprint density at radius 2 is 2.00 bits per heavy atom. The minimum absolute atomic E-state index is 0.227. The van der Waals surface area contributed by atoms with Gasteiger partial charge < -0.3 is 24.7 Å². The van der Waals surface area contributed by atoms with E-state index in [2.05, 4.69) is 14.8 Å². The van der Waals surface area contributed by atoms with Gasteiger partial charge >= 0.3 is 6.09 Å². The highest BCUT2D eigenvalue weighted by molar-refractivity contribution is 5.87. The number of carbonyl (C=O) groups is 2. The molecule has 1 aliphatic carbocycles. The fraction of sp³-hybridized carbons (Fsp3) is 0.682. The van der Waals surface area contributed by atoms with Crippen LogP contribution in [0, 0.1) is 5.41 Å². The van der Waals surface area contributed by atoms with Crippen LogP contribution in [0.2, 0.25) is 0 Å². The number of ether oxygens (including phenoxy) is 1. The summed E-state index contributed by atoms with van der Waals surface area (Å²) >= 11 is 0. The van der Waals surface area contributed by atoms with E-state index in [1.54, 1.807) is 13.2 Å². The van der Waals surface area contributed by atoms with Crippen molar-refractivity contribution in [3.63, 3.8) is 0 Å². The van der Waals surface area contributed by atoms with Crippen LogP contribution < -0.4 is 14.5 Å². The highest BCUT2D eigenvalue weighted by Gasteiger charge is 2.51.